The lowest BCUT2D eigenvalue weighted by molar-refractivity contribution is -0.142. The summed E-state index contributed by atoms with van der Waals surface area (Å²) >= 11 is 0. The number of primary amides is 1. The Morgan fingerprint density at radius 1 is 0.931 bits per heavy atom. The average Bonchev–Trinajstić information content (AvgIpc) is 2.65. The second kappa shape index (κ2) is 13.4. The monoisotopic (exact) mass is 418 g/mol. The number of aliphatic hydroxyl groups excluding tert-OH is 1. The predicted molar refractivity (Wildman–Crippen MR) is 101 cm³/mol. The summed E-state index contributed by atoms with van der Waals surface area (Å²) in [5.74, 6) is -4.72. The molecule has 0 saturated carbocycles. The number of aliphatic hydroxyl groups is 1. The molecule has 0 spiro atoms. The van der Waals surface area contributed by atoms with E-state index in [4.69, 9.17) is 27.4 Å². The summed E-state index contributed by atoms with van der Waals surface area (Å²) in [5, 5.41) is 24.6. The van der Waals surface area contributed by atoms with Crippen molar-refractivity contribution in [3.8, 4) is 0 Å². The van der Waals surface area contributed by atoms with E-state index in [1.54, 1.807) is 0 Å². The van der Waals surface area contributed by atoms with Gasteiger partial charge in [0, 0.05) is 0 Å². The van der Waals surface area contributed by atoms with Gasteiger partial charge in [-0.25, -0.2) is 0 Å². The lowest BCUT2D eigenvalue weighted by Gasteiger charge is -2.24. The molecule has 11 N–H and O–H groups in total. The number of amides is 4. The van der Waals surface area contributed by atoms with Crippen LogP contribution in [0.5, 0.6) is 0 Å². The normalized spacial score (nSPS) is 14.8. The maximum absolute atomic E-state index is 12.6. The van der Waals surface area contributed by atoms with Crippen LogP contribution in [0.3, 0.4) is 0 Å². The minimum atomic E-state index is -1.44. The Balaban J connectivity index is 5.30. The molecule has 0 aromatic carbocycles. The molecule has 0 aliphatic heterocycles. The second-order valence-electron chi connectivity index (χ2n) is 6.43. The van der Waals surface area contributed by atoms with E-state index in [0.717, 1.165) is 0 Å². The number of nitrogens with one attached hydrogen (secondary N) is 3. The van der Waals surface area contributed by atoms with Gasteiger partial charge in [-0.3, -0.25) is 24.0 Å². The molecule has 0 fully saturated rings. The SMILES string of the molecule is CC(NC(=O)C(CC(N)=O)NC(=O)C(CCCCN)NC(=O)C(N)CO)C(=O)O. The molecule has 0 saturated heterocycles. The third-order valence-electron chi connectivity index (χ3n) is 3.88. The largest absolute Gasteiger partial charge is 0.480 e. The van der Waals surface area contributed by atoms with E-state index < -0.39 is 66.8 Å². The van der Waals surface area contributed by atoms with Gasteiger partial charge < -0.3 is 43.4 Å². The van der Waals surface area contributed by atoms with Crippen molar-refractivity contribution >= 4 is 29.6 Å². The number of carbonyl (C=O) groups excluding carboxylic acids is 4. The van der Waals surface area contributed by atoms with Crippen LogP contribution in [-0.2, 0) is 24.0 Å². The summed E-state index contributed by atoms with van der Waals surface area (Å²) in [4.78, 5) is 58.9. The van der Waals surface area contributed by atoms with E-state index in [1.165, 1.54) is 6.92 Å². The van der Waals surface area contributed by atoms with Crippen molar-refractivity contribution in [3.05, 3.63) is 0 Å². The lowest BCUT2D eigenvalue weighted by atomic mass is 10.1. The standard InChI is InChI=1S/C16H30N6O7/c1-8(16(28)29)20-15(27)11(6-12(19)24)22-14(26)10(4-2-3-5-17)21-13(25)9(18)7-23/h8-11,23H,2-7,17-18H2,1H3,(H2,19,24)(H,20,27)(H,21,25)(H,22,26)(H,28,29). The Labute approximate surface area is 167 Å². The van der Waals surface area contributed by atoms with Crippen LogP contribution in [0.4, 0.5) is 0 Å². The highest BCUT2D eigenvalue weighted by atomic mass is 16.4. The number of carboxylic acid groups (broad SMARTS) is 1. The molecular formula is C16H30N6O7. The van der Waals surface area contributed by atoms with Gasteiger partial charge in [-0.1, -0.05) is 0 Å². The van der Waals surface area contributed by atoms with Crippen molar-refractivity contribution in [1.29, 1.82) is 0 Å². The van der Waals surface area contributed by atoms with Crippen molar-refractivity contribution in [1.82, 2.24) is 16.0 Å². The van der Waals surface area contributed by atoms with E-state index in [9.17, 15) is 24.0 Å². The molecule has 13 nitrogen and oxygen atoms in total. The van der Waals surface area contributed by atoms with Crippen LogP contribution >= 0.6 is 0 Å². The molecule has 0 heterocycles. The molecule has 0 rings (SSSR count). The van der Waals surface area contributed by atoms with Crippen molar-refractivity contribution in [2.24, 2.45) is 17.2 Å². The highest BCUT2D eigenvalue weighted by Gasteiger charge is 2.30. The minimum absolute atomic E-state index is 0.156. The molecule has 0 radical (unpaired) electrons. The van der Waals surface area contributed by atoms with E-state index in [-0.39, 0.29) is 6.42 Å². The van der Waals surface area contributed by atoms with Crippen molar-refractivity contribution < 1.29 is 34.2 Å². The first kappa shape index (κ1) is 26.2. The number of hydrogen-bond acceptors (Lipinski definition) is 8. The molecule has 0 aromatic heterocycles. The number of nitrogens with two attached hydrogens (primary N) is 3. The third-order valence-corrected chi connectivity index (χ3v) is 3.88. The maximum atomic E-state index is 12.6. The Hall–Kier alpha value is -2.77. The van der Waals surface area contributed by atoms with Crippen LogP contribution in [0.25, 0.3) is 0 Å². The van der Waals surface area contributed by atoms with Crippen molar-refractivity contribution in [2.45, 2.75) is 56.8 Å². The van der Waals surface area contributed by atoms with Gasteiger partial charge in [0.1, 0.15) is 24.2 Å². The smallest absolute Gasteiger partial charge is 0.325 e. The molecule has 0 bridgehead atoms. The molecular weight excluding hydrogens is 388 g/mol. The summed E-state index contributed by atoms with van der Waals surface area (Å²) < 4.78 is 0. The molecule has 29 heavy (non-hydrogen) atoms. The van der Waals surface area contributed by atoms with E-state index in [2.05, 4.69) is 16.0 Å². The number of hydrogen-bond donors (Lipinski definition) is 8. The number of carbonyl (C=O) groups is 5. The van der Waals surface area contributed by atoms with Gasteiger partial charge in [-0.2, -0.15) is 0 Å². The minimum Gasteiger partial charge on any atom is -0.480 e. The average molecular weight is 418 g/mol. The first-order valence-corrected chi connectivity index (χ1v) is 9.02. The molecule has 4 unspecified atom stereocenters. The molecule has 4 amide bonds. The van der Waals surface area contributed by atoms with Crippen LogP contribution in [0, 0.1) is 0 Å². The van der Waals surface area contributed by atoms with Crippen LogP contribution in [0.1, 0.15) is 32.6 Å². The molecule has 13 heteroatoms. The summed E-state index contributed by atoms with van der Waals surface area (Å²) in [7, 11) is 0. The Kier molecular flexibility index (Phi) is 12.1. The first-order valence-electron chi connectivity index (χ1n) is 9.02. The van der Waals surface area contributed by atoms with Gasteiger partial charge >= 0.3 is 5.97 Å². The van der Waals surface area contributed by atoms with E-state index >= 15 is 0 Å². The van der Waals surface area contributed by atoms with E-state index in [0.29, 0.717) is 19.4 Å². The molecule has 0 aromatic rings. The summed E-state index contributed by atoms with van der Waals surface area (Å²) in [6.45, 7) is 0.927. The van der Waals surface area contributed by atoms with Crippen LogP contribution in [0.2, 0.25) is 0 Å². The molecule has 4 atom stereocenters. The second-order valence-corrected chi connectivity index (χ2v) is 6.43. The zero-order valence-corrected chi connectivity index (χ0v) is 16.2. The lowest BCUT2D eigenvalue weighted by Crippen LogP contribution is -2.57. The maximum Gasteiger partial charge on any atom is 0.325 e. The highest BCUT2D eigenvalue weighted by molar-refractivity contribution is 5.96. The van der Waals surface area contributed by atoms with Crippen LogP contribution < -0.4 is 33.2 Å². The number of aliphatic carboxylic acids is 1. The predicted octanol–water partition coefficient (Wildman–Crippen LogP) is -4.13. The Bertz CT molecular complexity index is 600. The van der Waals surface area contributed by atoms with Crippen molar-refractivity contribution in [3.63, 3.8) is 0 Å². The molecule has 0 aliphatic rings. The first-order chi connectivity index (χ1) is 13.5. The number of carboxylic acids is 1. The quantitative estimate of drug-likeness (QED) is 0.128. The summed E-state index contributed by atoms with van der Waals surface area (Å²) in [5.41, 5.74) is 15.9. The molecule has 0 aliphatic carbocycles. The Morgan fingerprint density at radius 3 is 1.97 bits per heavy atom. The van der Waals surface area contributed by atoms with Gasteiger partial charge in [0.2, 0.25) is 23.6 Å². The molecule has 166 valence electrons. The van der Waals surface area contributed by atoms with Crippen LogP contribution in [0.15, 0.2) is 0 Å². The van der Waals surface area contributed by atoms with E-state index in [1.807, 2.05) is 0 Å². The zero-order valence-electron chi connectivity index (χ0n) is 16.2. The fourth-order valence-corrected chi connectivity index (χ4v) is 2.18. The van der Waals surface area contributed by atoms with Gasteiger partial charge in [0.25, 0.3) is 0 Å². The highest BCUT2D eigenvalue weighted by Crippen LogP contribution is 2.04. The van der Waals surface area contributed by atoms with Gasteiger partial charge in [-0.05, 0) is 32.7 Å². The Morgan fingerprint density at radius 2 is 1.48 bits per heavy atom. The van der Waals surface area contributed by atoms with Gasteiger partial charge in [0.05, 0.1) is 13.0 Å². The third kappa shape index (κ3) is 10.4. The summed E-state index contributed by atoms with van der Waals surface area (Å²) in [6, 6.07) is -5.08. The van der Waals surface area contributed by atoms with Crippen LogP contribution in [-0.4, -0.2) is 77.1 Å². The zero-order chi connectivity index (χ0) is 22.6. The van der Waals surface area contributed by atoms with Gasteiger partial charge in [-0.15, -0.1) is 0 Å². The van der Waals surface area contributed by atoms with Crippen molar-refractivity contribution in [2.75, 3.05) is 13.2 Å². The van der Waals surface area contributed by atoms with Gasteiger partial charge in [0.15, 0.2) is 0 Å². The fourth-order valence-electron chi connectivity index (χ4n) is 2.18. The fraction of sp³-hybridized carbons (Fsp3) is 0.688. The number of unbranched alkanes of at least 4 members (excludes halogenated alkanes) is 1. The topological polar surface area (TPSA) is 240 Å². The number of rotatable bonds is 14. The summed E-state index contributed by atoms with van der Waals surface area (Å²) in [6.07, 6.45) is 0.603.